The van der Waals surface area contributed by atoms with Crippen LogP contribution >= 0.6 is 0 Å². The summed E-state index contributed by atoms with van der Waals surface area (Å²) in [5.74, 6) is 0.958. The van der Waals surface area contributed by atoms with Gasteiger partial charge in [-0.3, -0.25) is 4.79 Å². The minimum Gasteiger partial charge on any atom is -0.349 e. The lowest BCUT2D eigenvalue weighted by molar-refractivity contribution is -0.122. The normalized spacial score (nSPS) is 12.5. The van der Waals surface area contributed by atoms with Crippen LogP contribution in [-0.2, 0) is 11.2 Å². The Bertz CT molecular complexity index is 901. The number of aromatic nitrogens is 4. The fraction of sp³-hybridized carbons (Fsp3) is 0.400. The Morgan fingerprint density at radius 3 is 2.62 bits per heavy atom. The van der Waals surface area contributed by atoms with Crippen molar-refractivity contribution in [3.63, 3.8) is 0 Å². The number of nitrogens with one attached hydrogen (secondary N) is 1. The van der Waals surface area contributed by atoms with Gasteiger partial charge in [-0.2, -0.15) is 10.1 Å². The summed E-state index contributed by atoms with van der Waals surface area (Å²) < 4.78 is 1.72. The summed E-state index contributed by atoms with van der Waals surface area (Å²) in [6.45, 7) is 8.18. The van der Waals surface area contributed by atoms with Crippen molar-refractivity contribution in [1.29, 1.82) is 0 Å². The monoisotopic (exact) mass is 351 g/mol. The maximum absolute atomic E-state index is 12.6. The number of hydrogen-bond donors (Lipinski definition) is 1. The van der Waals surface area contributed by atoms with E-state index in [0.29, 0.717) is 24.5 Å². The summed E-state index contributed by atoms with van der Waals surface area (Å²) in [5.41, 5.74) is 4.08. The first-order valence-electron chi connectivity index (χ1n) is 8.97. The number of hydrogen-bond acceptors (Lipinski definition) is 4. The van der Waals surface area contributed by atoms with E-state index in [1.54, 1.807) is 4.52 Å². The zero-order chi connectivity index (χ0) is 18.7. The number of nitrogens with zero attached hydrogens (tertiary/aromatic N) is 4. The third kappa shape index (κ3) is 3.74. The lowest BCUT2D eigenvalue weighted by Crippen LogP contribution is -2.32. The van der Waals surface area contributed by atoms with Gasteiger partial charge in [-0.1, -0.05) is 44.2 Å². The highest BCUT2D eigenvalue weighted by atomic mass is 16.1. The predicted octanol–water partition coefficient (Wildman–Crippen LogP) is 3.19. The zero-order valence-corrected chi connectivity index (χ0v) is 15.7. The molecule has 0 unspecified atom stereocenters. The highest BCUT2D eigenvalue weighted by Gasteiger charge is 2.19. The second-order valence-electron chi connectivity index (χ2n) is 6.93. The molecule has 3 rings (SSSR count). The molecule has 0 aliphatic heterocycles. The van der Waals surface area contributed by atoms with Crippen LogP contribution in [0.1, 0.15) is 48.8 Å². The van der Waals surface area contributed by atoms with Gasteiger partial charge in [-0.15, -0.1) is 0 Å². The van der Waals surface area contributed by atoms with E-state index in [4.69, 9.17) is 0 Å². The van der Waals surface area contributed by atoms with Crippen molar-refractivity contribution in [1.82, 2.24) is 24.9 Å². The maximum atomic E-state index is 12.6. The first-order valence-corrected chi connectivity index (χ1v) is 8.97. The van der Waals surface area contributed by atoms with Gasteiger partial charge in [0.25, 0.3) is 5.78 Å². The topological polar surface area (TPSA) is 72.2 Å². The van der Waals surface area contributed by atoms with Crippen molar-refractivity contribution < 1.29 is 4.79 Å². The molecule has 6 heteroatoms. The minimum absolute atomic E-state index is 0.0156. The number of aryl methyl sites for hydroxylation is 2. The molecule has 1 N–H and O–H groups in total. The van der Waals surface area contributed by atoms with Crippen molar-refractivity contribution in [2.45, 2.75) is 46.6 Å². The molecule has 2 aromatic heterocycles. The summed E-state index contributed by atoms with van der Waals surface area (Å²) in [4.78, 5) is 21.2. The van der Waals surface area contributed by atoms with Gasteiger partial charge < -0.3 is 5.32 Å². The number of fused-ring (bicyclic) bond motifs is 1. The summed E-state index contributed by atoms with van der Waals surface area (Å²) >= 11 is 0. The predicted molar refractivity (Wildman–Crippen MR) is 101 cm³/mol. The summed E-state index contributed by atoms with van der Waals surface area (Å²) in [5, 5.41) is 7.38. The highest BCUT2D eigenvalue weighted by molar-refractivity contribution is 5.76. The van der Waals surface area contributed by atoms with E-state index < -0.39 is 0 Å². The van der Waals surface area contributed by atoms with Gasteiger partial charge in [0.05, 0.1) is 6.04 Å². The van der Waals surface area contributed by atoms with E-state index in [0.717, 1.165) is 22.5 Å². The molecule has 136 valence electrons. The van der Waals surface area contributed by atoms with Crippen molar-refractivity contribution in [2.75, 3.05) is 0 Å². The molecule has 0 aliphatic rings. The molecule has 0 radical (unpaired) electrons. The van der Waals surface area contributed by atoms with Crippen molar-refractivity contribution in [3.05, 3.63) is 59.2 Å². The molecule has 6 nitrogen and oxygen atoms in total. The van der Waals surface area contributed by atoms with E-state index in [1.807, 2.05) is 32.0 Å². The van der Waals surface area contributed by atoms with Crippen molar-refractivity contribution >= 4 is 11.7 Å². The molecular weight excluding hydrogens is 326 g/mol. The Kier molecular flexibility index (Phi) is 5.30. The number of rotatable bonds is 6. The average Bonchev–Trinajstić information content (AvgIpc) is 3.08. The Hall–Kier alpha value is -2.76. The van der Waals surface area contributed by atoms with Gasteiger partial charge in [-0.25, -0.2) is 9.50 Å². The van der Waals surface area contributed by atoms with Crippen LogP contribution in [0.15, 0.2) is 36.7 Å². The first-order chi connectivity index (χ1) is 12.5. The molecule has 26 heavy (non-hydrogen) atoms. The summed E-state index contributed by atoms with van der Waals surface area (Å²) in [6.07, 6.45) is 2.55. The molecule has 0 fully saturated rings. The molecule has 1 amide bonds. The van der Waals surface area contributed by atoms with Crippen molar-refractivity contribution in [3.8, 4) is 0 Å². The van der Waals surface area contributed by atoms with E-state index in [2.05, 4.69) is 46.4 Å². The summed E-state index contributed by atoms with van der Waals surface area (Å²) in [6, 6.07) is 10.1. The fourth-order valence-electron chi connectivity index (χ4n) is 3.30. The van der Waals surface area contributed by atoms with Crippen LogP contribution < -0.4 is 5.32 Å². The van der Waals surface area contributed by atoms with Gasteiger partial charge in [0.15, 0.2) is 0 Å². The van der Waals surface area contributed by atoms with Crippen LogP contribution in [0.2, 0.25) is 0 Å². The molecule has 1 aromatic carbocycles. The van der Waals surface area contributed by atoms with Gasteiger partial charge in [0.2, 0.25) is 5.91 Å². The van der Waals surface area contributed by atoms with Crippen LogP contribution in [0, 0.1) is 19.8 Å². The third-order valence-electron chi connectivity index (χ3n) is 4.73. The maximum Gasteiger partial charge on any atom is 0.252 e. The molecule has 0 saturated heterocycles. The fourth-order valence-corrected chi connectivity index (χ4v) is 3.30. The molecule has 1 atom stereocenters. The number of benzene rings is 1. The Balaban J connectivity index is 1.71. The summed E-state index contributed by atoms with van der Waals surface area (Å²) in [7, 11) is 0. The van der Waals surface area contributed by atoms with Crippen LogP contribution in [0.5, 0.6) is 0 Å². The standard InChI is InChI=1S/C20H25N5O/c1-13(2)19(16-8-6-5-7-9-16)24-18(26)11-10-17-14(3)23-20-21-12-22-25(20)15(17)4/h5-9,12-13,19H,10-11H2,1-4H3,(H,24,26)/t19-/m0/s1. The molecule has 0 spiro atoms. The quantitative estimate of drug-likeness (QED) is 0.740. The highest BCUT2D eigenvalue weighted by Crippen LogP contribution is 2.22. The van der Waals surface area contributed by atoms with Gasteiger partial charge >= 0.3 is 0 Å². The molecular formula is C20H25N5O. The van der Waals surface area contributed by atoms with Crippen LogP contribution in [-0.4, -0.2) is 25.5 Å². The molecule has 0 saturated carbocycles. The van der Waals surface area contributed by atoms with Crippen molar-refractivity contribution in [2.24, 2.45) is 5.92 Å². The average molecular weight is 351 g/mol. The molecule has 0 bridgehead atoms. The molecule has 0 aliphatic carbocycles. The second-order valence-corrected chi connectivity index (χ2v) is 6.93. The lowest BCUT2D eigenvalue weighted by Gasteiger charge is -2.23. The third-order valence-corrected chi connectivity index (χ3v) is 4.73. The van der Waals surface area contributed by atoms with Crippen LogP contribution in [0.3, 0.4) is 0 Å². The molecule has 3 aromatic rings. The van der Waals surface area contributed by atoms with E-state index >= 15 is 0 Å². The Morgan fingerprint density at radius 1 is 1.19 bits per heavy atom. The first kappa shape index (κ1) is 18.0. The van der Waals surface area contributed by atoms with E-state index in [9.17, 15) is 4.79 Å². The van der Waals surface area contributed by atoms with Crippen LogP contribution in [0.4, 0.5) is 0 Å². The largest absolute Gasteiger partial charge is 0.349 e. The lowest BCUT2D eigenvalue weighted by atomic mass is 9.95. The van der Waals surface area contributed by atoms with Gasteiger partial charge in [-0.05, 0) is 37.3 Å². The smallest absolute Gasteiger partial charge is 0.252 e. The SMILES string of the molecule is Cc1nc2ncnn2c(C)c1CCC(=O)N[C@H](c1ccccc1)C(C)C. The van der Waals surface area contributed by atoms with Crippen LogP contribution in [0.25, 0.3) is 5.78 Å². The van der Waals surface area contributed by atoms with Gasteiger partial charge in [0, 0.05) is 17.8 Å². The van der Waals surface area contributed by atoms with E-state index in [-0.39, 0.29) is 11.9 Å². The number of amides is 1. The number of carbonyl (C=O) groups is 1. The Morgan fingerprint density at radius 2 is 1.92 bits per heavy atom. The minimum atomic E-state index is 0.0156. The van der Waals surface area contributed by atoms with E-state index in [1.165, 1.54) is 6.33 Å². The number of carbonyl (C=O) groups excluding carboxylic acids is 1. The van der Waals surface area contributed by atoms with Gasteiger partial charge in [0.1, 0.15) is 6.33 Å². The zero-order valence-electron chi connectivity index (χ0n) is 15.7. The Labute approximate surface area is 153 Å². The molecule has 2 heterocycles. The second kappa shape index (κ2) is 7.64.